The number of hydrogen-bond acceptors (Lipinski definition) is 5. The minimum atomic E-state index is -0.509. The molecule has 6 heteroatoms. The van der Waals surface area contributed by atoms with Crippen LogP contribution in [0, 0.1) is 0 Å². The molecule has 0 atom stereocenters. The topological polar surface area (TPSA) is 82.5 Å². The minimum Gasteiger partial charge on any atom is -0.465 e. The number of hydrogen-bond donors (Lipinski definition) is 1. The van der Waals surface area contributed by atoms with Gasteiger partial charge in [-0.2, -0.15) is 4.98 Å². The van der Waals surface area contributed by atoms with Gasteiger partial charge in [0, 0.05) is 18.6 Å². The predicted molar refractivity (Wildman–Crippen MR) is 48.7 cm³/mol. The number of esters is 1. The molecule has 0 aromatic carbocycles. The second-order valence-electron chi connectivity index (χ2n) is 2.67. The van der Waals surface area contributed by atoms with E-state index in [2.05, 4.69) is 14.7 Å². The largest absolute Gasteiger partial charge is 0.465 e. The van der Waals surface area contributed by atoms with Gasteiger partial charge in [0.25, 0.3) is 0 Å². The quantitative estimate of drug-likeness (QED) is 0.648. The fraction of sp³-hybridized carbons (Fsp3) is 0.125. The summed E-state index contributed by atoms with van der Waals surface area (Å²) in [7, 11) is 1.29. The van der Waals surface area contributed by atoms with Crippen molar-refractivity contribution in [1.82, 2.24) is 14.4 Å². The first kappa shape index (κ1) is 8.49. The lowest BCUT2D eigenvalue weighted by molar-refractivity contribution is 0.0601. The Balaban J connectivity index is 2.64. The van der Waals surface area contributed by atoms with E-state index in [0.717, 1.165) is 0 Å². The average Bonchev–Trinajstić information content (AvgIpc) is 2.62. The van der Waals surface area contributed by atoms with Crippen LogP contribution in [0.4, 0.5) is 5.82 Å². The summed E-state index contributed by atoms with van der Waals surface area (Å²) in [5.74, 6) is 0.0660. The molecule has 2 N–H and O–H groups in total. The Hall–Kier alpha value is -2.11. The molecule has 0 aliphatic rings. The summed E-state index contributed by atoms with van der Waals surface area (Å²) < 4.78 is 6.15. The lowest BCUT2D eigenvalue weighted by Crippen LogP contribution is -2.09. The van der Waals surface area contributed by atoms with Crippen molar-refractivity contribution >= 4 is 17.6 Å². The Morgan fingerprint density at radius 3 is 3.14 bits per heavy atom. The van der Waals surface area contributed by atoms with E-state index in [1.54, 1.807) is 16.8 Å². The molecule has 0 fully saturated rings. The standard InChI is InChI=1S/C8H8N4O2/c1-14-7(13)5-4-12-3-2-10-8(12)11-6(5)9/h2-4H,1H3,(H2,9,10,11). The Labute approximate surface area is 79.3 Å². The normalized spacial score (nSPS) is 10.4. The number of imidazole rings is 1. The summed E-state index contributed by atoms with van der Waals surface area (Å²) in [6.07, 6.45) is 4.79. The number of nitrogens with zero attached hydrogens (tertiary/aromatic N) is 3. The second kappa shape index (κ2) is 2.99. The van der Waals surface area contributed by atoms with Crippen molar-refractivity contribution in [3.05, 3.63) is 24.2 Å². The molecule has 14 heavy (non-hydrogen) atoms. The third-order valence-electron chi connectivity index (χ3n) is 1.82. The molecule has 2 aromatic rings. The van der Waals surface area contributed by atoms with Gasteiger partial charge in [-0.3, -0.25) is 4.40 Å². The van der Waals surface area contributed by atoms with Crippen LogP contribution in [0.15, 0.2) is 18.6 Å². The van der Waals surface area contributed by atoms with Crippen LogP contribution in [0.5, 0.6) is 0 Å². The molecule has 0 bridgehead atoms. The lowest BCUT2D eigenvalue weighted by atomic mass is 10.3. The molecule has 2 rings (SSSR count). The number of carbonyl (C=O) groups is 1. The van der Waals surface area contributed by atoms with Crippen LogP contribution in [0.25, 0.3) is 5.78 Å². The highest BCUT2D eigenvalue weighted by molar-refractivity contribution is 5.93. The number of anilines is 1. The van der Waals surface area contributed by atoms with E-state index in [9.17, 15) is 4.79 Å². The molecule has 6 nitrogen and oxygen atoms in total. The number of nitrogen functional groups attached to an aromatic ring is 1. The number of rotatable bonds is 1. The van der Waals surface area contributed by atoms with Crippen molar-refractivity contribution in [2.24, 2.45) is 0 Å². The first-order chi connectivity index (χ1) is 6.72. The molecule has 0 amide bonds. The van der Waals surface area contributed by atoms with Gasteiger partial charge in [0.05, 0.1) is 7.11 Å². The molecule has 0 aliphatic carbocycles. The third-order valence-corrected chi connectivity index (χ3v) is 1.82. The highest BCUT2D eigenvalue weighted by atomic mass is 16.5. The van der Waals surface area contributed by atoms with E-state index in [4.69, 9.17) is 5.73 Å². The molecule has 0 aliphatic heterocycles. The molecule has 0 unspecified atom stereocenters. The SMILES string of the molecule is COC(=O)c1cn2ccnc2nc1N. The number of fused-ring (bicyclic) bond motifs is 1. The van der Waals surface area contributed by atoms with Gasteiger partial charge in [-0.05, 0) is 0 Å². The van der Waals surface area contributed by atoms with Crippen LogP contribution in [0.3, 0.4) is 0 Å². The number of nitrogens with two attached hydrogens (primary N) is 1. The van der Waals surface area contributed by atoms with Crippen molar-refractivity contribution in [1.29, 1.82) is 0 Å². The maximum Gasteiger partial charge on any atom is 0.343 e. The highest BCUT2D eigenvalue weighted by Gasteiger charge is 2.12. The summed E-state index contributed by atoms with van der Waals surface area (Å²) in [4.78, 5) is 19.1. The number of aromatic nitrogens is 3. The van der Waals surface area contributed by atoms with Gasteiger partial charge in [-0.15, -0.1) is 0 Å². The Kier molecular flexibility index (Phi) is 1.81. The van der Waals surface area contributed by atoms with Gasteiger partial charge in [0.2, 0.25) is 5.78 Å². The smallest absolute Gasteiger partial charge is 0.343 e. The van der Waals surface area contributed by atoms with E-state index in [1.165, 1.54) is 13.3 Å². The van der Waals surface area contributed by atoms with Crippen LogP contribution in [0.2, 0.25) is 0 Å². The molecular weight excluding hydrogens is 184 g/mol. The fourth-order valence-electron chi connectivity index (χ4n) is 1.13. The Bertz CT molecular complexity index is 491. The number of ether oxygens (including phenoxy) is 1. The van der Waals surface area contributed by atoms with Crippen LogP contribution in [-0.2, 0) is 4.74 Å². The predicted octanol–water partition coefficient (Wildman–Crippen LogP) is 0.0981. The molecule has 2 heterocycles. The monoisotopic (exact) mass is 192 g/mol. The first-order valence-electron chi connectivity index (χ1n) is 3.90. The van der Waals surface area contributed by atoms with Crippen molar-refractivity contribution in [2.45, 2.75) is 0 Å². The Morgan fingerprint density at radius 1 is 1.64 bits per heavy atom. The van der Waals surface area contributed by atoms with E-state index in [0.29, 0.717) is 5.78 Å². The zero-order chi connectivity index (χ0) is 10.1. The van der Waals surface area contributed by atoms with Gasteiger partial charge in [-0.1, -0.05) is 0 Å². The first-order valence-corrected chi connectivity index (χ1v) is 3.90. The molecule has 0 saturated carbocycles. The highest BCUT2D eigenvalue weighted by Crippen LogP contribution is 2.10. The second-order valence-corrected chi connectivity index (χ2v) is 2.67. The summed E-state index contributed by atoms with van der Waals surface area (Å²) in [6.45, 7) is 0. The summed E-state index contributed by atoms with van der Waals surface area (Å²) in [5.41, 5.74) is 5.79. The van der Waals surface area contributed by atoms with Crippen LogP contribution < -0.4 is 5.73 Å². The molecule has 2 aromatic heterocycles. The summed E-state index contributed by atoms with van der Waals surface area (Å²) in [5, 5.41) is 0. The summed E-state index contributed by atoms with van der Waals surface area (Å²) in [6, 6.07) is 0. The Morgan fingerprint density at radius 2 is 2.43 bits per heavy atom. The molecule has 0 saturated heterocycles. The zero-order valence-corrected chi connectivity index (χ0v) is 7.47. The molecule has 0 spiro atoms. The van der Waals surface area contributed by atoms with E-state index in [1.807, 2.05) is 0 Å². The van der Waals surface area contributed by atoms with E-state index >= 15 is 0 Å². The van der Waals surface area contributed by atoms with Crippen LogP contribution in [0.1, 0.15) is 10.4 Å². The molecule has 72 valence electrons. The van der Waals surface area contributed by atoms with Gasteiger partial charge >= 0.3 is 5.97 Å². The summed E-state index contributed by atoms with van der Waals surface area (Å²) >= 11 is 0. The maximum absolute atomic E-state index is 11.2. The van der Waals surface area contributed by atoms with Gasteiger partial charge in [0.1, 0.15) is 11.4 Å². The van der Waals surface area contributed by atoms with Crippen molar-refractivity contribution in [3.63, 3.8) is 0 Å². The minimum absolute atomic E-state index is 0.121. The number of carbonyl (C=O) groups excluding carboxylic acids is 1. The lowest BCUT2D eigenvalue weighted by Gasteiger charge is -2.02. The van der Waals surface area contributed by atoms with Crippen LogP contribution in [-0.4, -0.2) is 27.4 Å². The van der Waals surface area contributed by atoms with Gasteiger partial charge < -0.3 is 10.5 Å². The van der Waals surface area contributed by atoms with Crippen LogP contribution >= 0.6 is 0 Å². The van der Waals surface area contributed by atoms with E-state index in [-0.39, 0.29) is 11.4 Å². The molecule has 0 radical (unpaired) electrons. The average molecular weight is 192 g/mol. The van der Waals surface area contributed by atoms with Gasteiger partial charge in [0.15, 0.2) is 0 Å². The maximum atomic E-state index is 11.2. The third kappa shape index (κ3) is 1.17. The number of methoxy groups -OCH3 is 1. The van der Waals surface area contributed by atoms with Crippen molar-refractivity contribution < 1.29 is 9.53 Å². The fourth-order valence-corrected chi connectivity index (χ4v) is 1.13. The molecular formula is C8H8N4O2. The van der Waals surface area contributed by atoms with Gasteiger partial charge in [-0.25, -0.2) is 9.78 Å². The van der Waals surface area contributed by atoms with Crippen molar-refractivity contribution in [3.8, 4) is 0 Å². The van der Waals surface area contributed by atoms with E-state index < -0.39 is 5.97 Å². The van der Waals surface area contributed by atoms with Crippen molar-refractivity contribution in [2.75, 3.05) is 12.8 Å². The zero-order valence-electron chi connectivity index (χ0n) is 7.47.